The standard InChI is InChI=1S/C22H29N5O/c1-14(9-8-10-23)25-13-18-16(3)27-20(11-19(24-27)22(5,6)7)26(12-15(2)28)21(18)17(25)4/h11,14,28H,2-4,8-9,12-13H2,1,5-7H3. The van der Waals surface area contributed by atoms with Crippen molar-refractivity contribution in [2.24, 2.45) is 0 Å². The maximum absolute atomic E-state index is 9.97. The quantitative estimate of drug-likeness (QED) is 0.772. The van der Waals surface area contributed by atoms with Crippen LogP contribution in [0, 0.1) is 11.3 Å². The molecule has 0 aromatic carbocycles. The number of fused-ring (bicyclic) bond motifs is 1. The fourth-order valence-electron chi connectivity index (χ4n) is 3.76. The highest BCUT2D eigenvalue weighted by Gasteiger charge is 2.39. The van der Waals surface area contributed by atoms with Gasteiger partial charge in [0.05, 0.1) is 35.4 Å². The number of anilines is 1. The second-order valence-electron chi connectivity index (χ2n) is 8.60. The summed E-state index contributed by atoms with van der Waals surface area (Å²) in [5, 5.41) is 23.7. The second kappa shape index (κ2) is 6.90. The van der Waals surface area contributed by atoms with Crippen molar-refractivity contribution >= 4 is 11.5 Å². The van der Waals surface area contributed by atoms with Gasteiger partial charge in [0.2, 0.25) is 0 Å². The number of nitrogens with zero attached hydrogens (tertiary/aromatic N) is 5. The van der Waals surface area contributed by atoms with Crippen molar-refractivity contribution in [3.63, 3.8) is 0 Å². The van der Waals surface area contributed by atoms with Gasteiger partial charge in [0, 0.05) is 36.1 Å². The number of aliphatic hydroxyl groups is 1. The number of nitriles is 1. The minimum absolute atomic E-state index is 0.0770. The molecular formula is C22H29N5O. The molecule has 148 valence electrons. The minimum Gasteiger partial charge on any atom is -0.511 e. The van der Waals surface area contributed by atoms with Crippen molar-refractivity contribution in [1.82, 2.24) is 14.7 Å². The van der Waals surface area contributed by atoms with Crippen LogP contribution in [-0.4, -0.2) is 38.9 Å². The fraction of sp³-hybridized carbons (Fsp3) is 0.455. The number of hydrogen-bond acceptors (Lipinski definition) is 5. The highest BCUT2D eigenvalue weighted by molar-refractivity contribution is 5.79. The molecule has 1 atom stereocenters. The SMILES string of the molecule is C=C(O)CN1C2=C(CN(C(C)CCC#N)C2=C)C(=C)n2nc(C(C)(C)C)cc21. The van der Waals surface area contributed by atoms with Gasteiger partial charge in [-0.25, -0.2) is 4.68 Å². The van der Waals surface area contributed by atoms with Gasteiger partial charge in [0.15, 0.2) is 0 Å². The molecule has 1 aromatic heterocycles. The maximum atomic E-state index is 9.97. The van der Waals surface area contributed by atoms with Crippen LogP contribution in [0.4, 0.5) is 5.82 Å². The van der Waals surface area contributed by atoms with Crippen LogP contribution in [0.15, 0.2) is 48.5 Å². The average molecular weight is 380 g/mol. The van der Waals surface area contributed by atoms with Crippen LogP contribution < -0.4 is 4.90 Å². The van der Waals surface area contributed by atoms with Crippen molar-refractivity contribution < 1.29 is 5.11 Å². The molecule has 2 aliphatic heterocycles. The zero-order chi connectivity index (χ0) is 20.8. The van der Waals surface area contributed by atoms with E-state index in [-0.39, 0.29) is 23.8 Å². The predicted octanol–water partition coefficient (Wildman–Crippen LogP) is 4.32. The average Bonchev–Trinajstić information content (AvgIpc) is 3.19. The van der Waals surface area contributed by atoms with Gasteiger partial charge in [0.25, 0.3) is 0 Å². The third kappa shape index (κ3) is 3.22. The summed E-state index contributed by atoms with van der Waals surface area (Å²) >= 11 is 0. The maximum Gasteiger partial charge on any atom is 0.137 e. The monoisotopic (exact) mass is 379 g/mol. The van der Waals surface area contributed by atoms with Gasteiger partial charge < -0.3 is 14.9 Å². The number of aromatic nitrogens is 2. The van der Waals surface area contributed by atoms with Gasteiger partial charge >= 0.3 is 0 Å². The molecule has 6 nitrogen and oxygen atoms in total. The minimum atomic E-state index is -0.105. The smallest absolute Gasteiger partial charge is 0.137 e. The van der Waals surface area contributed by atoms with Crippen LogP contribution in [0.5, 0.6) is 0 Å². The van der Waals surface area contributed by atoms with Gasteiger partial charge in [0.1, 0.15) is 11.6 Å². The lowest BCUT2D eigenvalue weighted by Crippen LogP contribution is -2.33. The largest absolute Gasteiger partial charge is 0.511 e. The normalized spacial score (nSPS) is 17.5. The Kier molecular flexibility index (Phi) is 4.88. The molecule has 0 radical (unpaired) electrons. The van der Waals surface area contributed by atoms with E-state index >= 15 is 0 Å². The highest BCUT2D eigenvalue weighted by Crippen LogP contribution is 2.44. The summed E-state index contributed by atoms with van der Waals surface area (Å²) in [6, 6.07) is 4.45. The van der Waals surface area contributed by atoms with Crippen LogP contribution in [0.3, 0.4) is 0 Å². The van der Waals surface area contributed by atoms with E-state index in [0.717, 1.165) is 40.6 Å². The molecule has 3 rings (SSSR count). The molecule has 0 saturated carbocycles. The molecule has 0 fully saturated rings. The molecule has 3 heterocycles. The van der Waals surface area contributed by atoms with Crippen LogP contribution in [0.2, 0.25) is 0 Å². The summed E-state index contributed by atoms with van der Waals surface area (Å²) in [5.74, 6) is 0.935. The molecule has 1 aromatic rings. The molecule has 0 amide bonds. The molecule has 1 N–H and O–H groups in total. The lowest BCUT2D eigenvalue weighted by atomic mass is 9.92. The van der Waals surface area contributed by atoms with Gasteiger partial charge in [-0.1, -0.05) is 40.5 Å². The Hall–Kier alpha value is -2.94. The molecule has 0 aliphatic carbocycles. The van der Waals surface area contributed by atoms with Crippen molar-refractivity contribution in [2.75, 3.05) is 18.0 Å². The summed E-state index contributed by atoms with van der Waals surface area (Å²) in [5.41, 5.74) is 4.57. The van der Waals surface area contributed by atoms with E-state index in [1.165, 1.54) is 0 Å². The van der Waals surface area contributed by atoms with E-state index in [0.29, 0.717) is 13.0 Å². The van der Waals surface area contributed by atoms with Crippen LogP contribution >= 0.6 is 0 Å². The van der Waals surface area contributed by atoms with Gasteiger partial charge in [-0.2, -0.15) is 10.4 Å². The third-order valence-corrected chi connectivity index (χ3v) is 5.39. The zero-order valence-electron chi connectivity index (χ0n) is 17.3. The Morgan fingerprint density at radius 1 is 1.36 bits per heavy atom. The van der Waals surface area contributed by atoms with Crippen molar-refractivity contribution in [3.05, 3.63) is 54.2 Å². The van der Waals surface area contributed by atoms with E-state index in [9.17, 15) is 5.11 Å². The van der Waals surface area contributed by atoms with Crippen molar-refractivity contribution in [2.45, 2.75) is 52.0 Å². The molecule has 1 unspecified atom stereocenters. The van der Waals surface area contributed by atoms with E-state index in [2.05, 4.69) is 58.4 Å². The number of hydrogen-bond donors (Lipinski definition) is 1. The predicted molar refractivity (Wildman–Crippen MR) is 113 cm³/mol. The van der Waals surface area contributed by atoms with E-state index in [1.54, 1.807) is 0 Å². The number of aliphatic hydroxyl groups excluding tert-OH is 1. The summed E-state index contributed by atoms with van der Waals surface area (Å²) in [4.78, 5) is 4.23. The van der Waals surface area contributed by atoms with Crippen molar-refractivity contribution in [1.29, 1.82) is 5.26 Å². The van der Waals surface area contributed by atoms with E-state index in [4.69, 9.17) is 10.4 Å². The third-order valence-electron chi connectivity index (χ3n) is 5.39. The van der Waals surface area contributed by atoms with Crippen LogP contribution in [0.1, 0.15) is 46.2 Å². The number of rotatable bonds is 5. The molecule has 0 spiro atoms. The Bertz CT molecular complexity index is 922. The lowest BCUT2D eigenvalue weighted by molar-refractivity contribution is 0.298. The first-order valence-electron chi connectivity index (χ1n) is 9.56. The van der Waals surface area contributed by atoms with Gasteiger partial charge in [-0.05, 0) is 13.3 Å². The Morgan fingerprint density at radius 2 is 2.04 bits per heavy atom. The summed E-state index contributed by atoms with van der Waals surface area (Å²) in [7, 11) is 0. The van der Waals surface area contributed by atoms with E-state index < -0.39 is 0 Å². The molecular weight excluding hydrogens is 350 g/mol. The molecule has 0 saturated heterocycles. The van der Waals surface area contributed by atoms with Crippen molar-refractivity contribution in [3.8, 4) is 6.07 Å². The zero-order valence-corrected chi connectivity index (χ0v) is 17.3. The molecule has 0 bridgehead atoms. The molecule has 2 aliphatic rings. The Labute approximate surface area is 167 Å². The van der Waals surface area contributed by atoms with Gasteiger partial charge in [-0.15, -0.1) is 0 Å². The summed E-state index contributed by atoms with van der Waals surface area (Å²) in [6.45, 7) is 21.7. The lowest BCUT2D eigenvalue weighted by Gasteiger charge is -2.33. The Balaban J connectivity index is 2.04. The van der Waals surface area contributed by atoms with Crippen LogP contribution in [0.25, 0.3) is 5.70 Å². The molecule has 28 heavy (non-hydrogen) atoms. The molecule has 6 heteroatoms. The van der Waals surface area contributed by atoms with E-state index in [1.807, 2.05) is 15.6 Å². The Morgan fingerprint density at radius 3 is 2.61 bits per heavy atom. The second-order valence-corrected chi connectivity index (χ2v) is 8.60. The van der Waals surface area contributed by atoms with Gasteiger partial charge in [-0.3, -0.25) is 0 Å². The first-order chi connectivity index (χ1) is 13.1. The van der Waals surface area contributed by atoms with Crippen LogP contribution in [-0.2, 0) is 5.41 Å². The summed E-state index contributed by atoms with van der Waals surface area (Å²) < 4.78 is 1.86. The summed E-state index contributed by atoms with van der Waals surface area (Å²) in [6.07, 6.45) is 1.28. The highest BCUT2D eigenvalue weighted by atomic mass is 16.3. The topological polar surface area (TPSA) is 68.3 Å². The fourth-order valence-corrected chi connectivity index (χ4v) is 3.76. The first kappa shape index (κ1) is 19.8. The first-order valence-corrected chi connectivity index (χ1v) is 9.56.